The average Bonchev–Trinajstić information content (AvgIpc) is 1.65. The van der Waals surface area contributed by atoms with E-state index in [0.717, 1.165) is 0 Å². The largest absolute Gasteiger partial charge is 0.360 e. The molecule has 0 aliphatic rings. The number of halogens is 1. The van der Waals surface area contributed by atoms with Crippen LogP contribution in [0.25, 0.3) is 0 Å². The highest BCUT2D eigenvalue weighted by atomic mass is 35.5. The molecule has 1 unspecified atom stereocenters. The van der Waals surface area contributed by atoms with Crippen molar-refractivity contribution in [2.75, 3.05) is 5.88 Å². The molecule has 48 valence electrons. The molecule has 0 aromatic heterocycles. The smallest absolute Gasteiger partial charge is 0.342 e. The monoisotopic (exact) mass is 158 g/mol. The predicted octanol–water partition coefficient (Wildman–Crippen LogP) is -0.0949. The van der Waals surface area contributed by atoms with E-state index in [1.807, 2.05) is 0 Å². The summed E-state index contributed by atoms with van der Waals surface area (Å²) in [6.45, 7) is 0. The molecular weight excluding hydrogens is 156 g/mol. The summed E-state index contributed by atoms with van der Waals surface area (Å²) in [6.07, 6.45) is 0. The van der Waals surface area contributed by atoms with Crippen molar-refractivity contribution >= 4 is 28.9 Å². The third-order valence-corrected chi connectivity index (χ3v) is 0.820. The summed E-state index contributed by atoms with van der Waals surface area (Å²) >= 11 is 2.35. The van der Waals surface area contributed by atoms with Gasteiger partial charge in [-0.1, -0.05) is 0 Å². The minimum atomic E-state index is -2.53. The van der Waals surface area contributed by atoms with E-state index in [-0.39, 0.29) is 0 Å². The number of hydrogen-bond donors (Lipinski definition) is 1. The van der Waals surface area contributed by atoms with Crippen LogP contribution in [0.3, 0.4) is 0 Å². The molecule has 0 spiro atoms. The molecule has 0 bridgehead atoms. The molecule has 8 heavy (non-hydrogen) atoms. The van der Waals surface area contributed by atoms with Gasteiger partial charge in [-0.3, -0.25) is 4.55 Å². The predicted molar refractivity (Wildman–Crippen MR) is 27.6 cm³/mol. The van der Waals surface area contributed by atoms with Crippen molar-refractivity contribution in [1.29, 1.82) is 0 Å². The van der Waals surface area contributed by atoms with Crippen molar-refractivity contribution in [1.82, 2.24) is 0 Å². The van der Waals surface area contributed by atoms with Gasteiger partial charge in [0.1, 0.15) is 5.88 Å². The SMILES string of the molecule is O=C(CCl)OS(=O)O. The van der Waals surface area contributed by atoms with Crippen LogP contribution in [0.2, 0.25) is 0 Å². The Balaban J connectivity index is 3.40. The zero-order valence-corrected chi connectivity index (χ0v) is 5.24. The molecular formula is C2H3ClO4S. The van der Waals surface area contributed by atoms with E-state index < -0.39 is 23.2 Å². The second kappa shape index (κ2) is 3.82. The highest BCUT2D eigenvalue weighted by Gasteiger charge is 2.01. The summed E-state index contributed by atoms with van der Waals surface area (Å²) in [5.74, 6) is -1.32. The molecule has 0 heterocycles. The van der Waals surface area contributed by atoms with Crippen molar-refractivity contribution in [3.63, 3.8) is 0 Å². The minimum absolute atomic E-state index is 0.410. The lowest BCUT2D eigenvalue weighted by Crippen LogP contribution is -2.06. The van der Waals surface area contributed by atoms with Crippen LogP contribution >= 0.6 is 11.6 Å². The molecule has 0 aromatic carbocycles. The van der Waals surface area contributed by atoms with Crippen LogP contribution in [0.4, 0.5) is 0 Å². The van der Waals surface area contributed by atoms with E-state index in [0.29, 0.717) is 0 Å². The van der Waals surface area contributed by atoms with Crippen molar-refractivity contribution in [2.24, 2.45) is 0 Å². The van der Waals surface area contributed by atoms with E-state index in [1.54, 1.807) is 0 Å². The first-order valence-electron chi connectivity index (χ1n) is 1.54. The zero-order valence-electron chi connectivity index (χ0n) is 3.67. The molecule has 0 amide bonds. The van der Waals surface area contributed by atoms with Gasteiger partial charge < -0.3 is 4.18 Å². The highest BCUT2D eigenvalue weighted by Crippen LogP contribution is 1.83. The molecule has 1 atom stereocenters. The van der Waals surface area contributed by atoms with Crippen molar-refractivity contribution in [3.8, 4) is 0 Å². The van der Waals surface area contributed by atoms with Crippen LogP contribution in [0, 0.1) is 0 Å². The minimum Gasteiger partial charge on any atom is -0.342 e. The lowest BCUT2D eigenvalue weighted by molar-refractivity contribution is -0.131. The van der Waals surface area contributed by atoms with E-state index in [2.05, 4.69) is 4.18 Å². The standard InChI is InChI=1S/C2H3ClO4S/c3-1-2(4)7-8(5)6/h1H2,(H,5,6). The highest BCUT2D eigenvalue weighted by molar-refractivity contribution is 7.74. The number of alkyl halides is 1. The van der Waals surface area contributed by atoms with Crippen LogP contribution in [-0.4, -0.2) is 20.6 Å². The maximum absolute atomic E-state index is 9.91. The molecule has 0 aliphatic carbocycles. The first-order chi connectivity index (χ1) is 3.66. The van der Waals surface area contributed by atoms with Crippen molar-refractivity contribution in [2.45, 2.75) is 0 Å². The average molecular weight is 159 g/mol. The summed E-state index contributed by atoms with van der Waals surface area (Å²) in [7, 11) is 0. The fourth-order valence-electron chi connectivity index (χ4n) is 0.102. The Labute approximate surface area is 53.3 Å². The zero-order chi connectivity index (χ0) is 6.57. The van der Waals surface area contributed by atoms with Gasteiger partial charge in [-0.05, 0) is 0 Å². The molecule has 0 saturated heterocycles. The van der Waals surface area contributed by atoms with Gasteiger partial charge in [-0.25, -0.2) is 4.79 Å². The van der Waals surface area contributed by atoms with Crippen LogP contribution in [0.15, 0.2) is 0 Å². The molecule has 0 aliphatic heterocycles. The summed E-state index contributed by atoms with van der Waals surface area (Å²) in [6, 6.07) is 0. The van der Waals surface area contributed by atoms with E-state index in [9.17, 15) is 9.00 Å². The van der Waals surface area contributed by atoms with E-state index >= 15 is 0 Å². The van der Waals surface area contributed by atoms with Gasteiger partial charge in [0, 0.05) is 0 Å². The van der Waals surface area contributed by atoms with E-state index in [4.69, 9.17) is 16.2 Å². The van der Waals surface area contributed by atoms with Crippen LogP contribution in [-0.2, 0) is 20.3 Å². The molecule has 6 heteroatoms. The van der Waals surface area contributed by atoms with Crippen LogP contribution in [0.5, 0.6) is 0 Å². The van der Waals surface area contributed by atoms with Crippen LogP contribution < -0.4 is 0 Å². The molecule has 0 rings (SSSR count). The Morgan fingerprint density at radius 2 is 2.38 bits per heavy atom. The molecule has 0 aromatic rings. The first kappa shape index (κ1) is 7.87. The Morgan fingerprint density at radius 1 is 1.88 bits per heavy atom. The Kier molecular flexibility index (Phi) is 3.76. The maximum atomic E-state index is 9.91. The summed E-state index contributed by atoms with van der Waals surface area (Å²) in [5, 5.41) is 0. The van der Waals surface area contributed by atoms with Gasteiger partial charge in [-0.2, -0.15) is 4.21 Å². The summed E-state index contributed by atoms with van der Waals surface area (Å²) in [5.41, 5.74) is 0. The fraction of sp³-hybridized carbons (Fsp3) is 0.500. The molecule has 0 radical (unpaired) electrons. The Hall–Kier alpha value is -0.130. The molecule has 0 fully saturated rings. The third kappa shape index (κ3) is 4.04. The van der Waals surface area contributed by atoms with Gasteiger partial charge in [0.25, 0.3) is 0 Å². The number of carbonyl (C=O) groups is 1. The Bertz CT molecular complexity index is 113. The van der Waals surface area contributed by atoms with Gasteiger partial charge in [0.15, 0.2) is 0 Å². The molecule has 1 N–H and O–H groups in total. The summed E-state index contributed by atoms with van der Waals surface area (Å²) < 4.78 is 21.1. The lowest BCUT2D eigenvalue weighted by Gasteiger charge is -1.89. The van der Waals surface area contributed by atoms with Gasteiger partial charge in [0.05, 0.1) is 0 Å². The normalized spacial score (nSPS) is 12.8. The topological polar surface area (TPSA) is 63.6 Å². The number of hydrogen-bond acceptors (Lipinski definition) is 3. The first-order valence-corrected chi connectivity index (χ1v) is 3.11. The quantitative estimate of drug-likeness (QED) is 0.451. The number of carbonyl (C=O) groups excluding carboxylic acids is 1. The number of rotatable bonds is 2. The fourth-order valence-corrected chi connectivity index (χ4v) is 0.439. The van der Waals surface area contributed by atoms with Gasteiger partial charge in [-0.15, -0.1) is 11.6 Å². The van der Waals surface area contributed by atoms with Crippen molar-refractivity contribution in [3.05, 3.63) is 0 Å². The van der Waals surface area contributed by atoms with Crippen molar-refractivity contribution < 1.29 is 17.7 Å². The second-order valence-electron chi connectivity index (χ2n) is 0.806. The van der Waals surface area contributed by atoms with Gasteiger partial charge in [0.2, 0.25) is 0 Å². The Morgan fingerprint density at radius 3 is 2.50 bits per heavy atom. The third-order valence-electron chi connectivity index (χ3n) is 0.273. The van der Waals surface area contributed by atoms with Crippen LogP contribution in [0.1, 0.15) is 0 Å². The molecule has 4 nitrogen and oxygen atoms in total. The lowest BCUT2D eigenvalue weighted by atomic mass is 10.8. The van der Waals surface area contributed by atoms with Gasteiger partial charge >= 0.3 is 17.3 Å². The second-order valence-corrected chi connectivity index (χ2v) is 1.67. The molecule has 0 saturated carbocycles. The summed E-state index contributed by atoms with van der Waals surface area (Å²) in [4.78, 5) is 9.91. The van der Waals surface area contributed by atoms with E-state index in [1.165, 1.54) is 0 Å². The maximum Gasteiger partial charge on any atom is 0.360 e.